The van der Waals surface area contributed by atoms with Gasteiger partial charge in [-0.25, -0.2) is 4.98 Å². The molecule has 0 saturated heterocycles. The Bertz CT molecular complexity index is 1170. The van der Waals surface area contributed by atoms with Gasteiger partial charge in [0.2, 0.25) is 5.91 Å². The predicted molar refractivity (Wildman–Crippen MR) is 121 cm³/mol. The van der Waals surface area contributed by atoms with E-state index in [4.69, 9.17) is 11.6 Å². The molecule has 0 radical (unpaired) electrons. The van der Waals surface area contributed by atoms with Gasteiger partial charge in [0.05, 0.1) is 34.2 Å². The van der Waals surface area contributed by atoms with Gasteiger partial charge in [-0.1, -0.05) is 66.2 Å². The van der Waals surface area contributed by atoms with E-state index in [0.717, 1.165) is 16.6 Å². The molecule has 1 aromatic heterocycles. The molecule has 0 bridgehead atoms. The zero-order chi connectivity index (χ0) is 21.6. The molecule has 0 fully saturated rings. The van der Waals surface area contributed by atoms with Crippen molar-refractivity contribution in [3.05, 3.63) is 101 Å². The Morgan fingerprint density at radius 1 is 0.935 bits per heavy atom. The number of nitrogens with zero attached hydrogens (tertiary/aromatic N) is 1. The molecule has 0 unspecified atom stereocenters. The standard InChI is InChI=1S/C24H21ClN4O2/c25-18-11-5-4-10-17(18)24(31)26-15-22(30)27-21(14-16-8-2-1-3-9-16)23-28-19-12-6-7-13-20(19)29-23/h1-13,21H,14-15H2,(H,26,31)(H,27,30)(H,28,29)/t21-/m1/s1. The van der Waals surface area contributed by atoms with Crippen LogP contribution in [0.3, 0.4) is 0 Å². The lowest BCUT2D eigenvalue weighted by Gasteiger charge is -2.17. The molecule has 3 N–H and O–H groups in total. The van der Waals surface area contributed by atoms with Crippen LogP contribution >= 0.6 is 11.6 Å². The number of rotatable bonds is 7. The number of aromatic nitrogens is 2. The van der Waals surface area contributed by atoms with Gasteiger partial charge in [-0.05, 0) is 36.2 Å². The number of carbonyl (C=O) groups excluding carboxylic acids is 2. The van der Waals surface area contributed by atoms with Crippen LogP contribution in [0.15, 0.2) is 78.9 Å². The molecule has 0 saturated carbocycles. The van der Waals surface area contributed by atoms with E-state index in [1.807, 2.05) is 54.6 Å². The van der Waals surface area contributed by atoms with Gasteiger partial charge in [-0.3, -0.25) is 9.59 Å². The first kappa shape index (κ1) is 20.6. The number of hydrogen-bond acceptors (Lipinski definition) is 3. The molecule has 1 heterocycles. The van der Waals surface area contributed by atoms with Gasteiger partial charge >= 0.3 is 0 Å². The van der Waals surface area contributed by atoms with Crippen molar-refractivity contribution in [2.75, 3.05) is 6.54 Å². The molecular weight excluding hydrogens is 412 g/mol. The number of nitrogens with one attached hydrogen (secondary N) is 3. The second-order valence-corrected chi connectivity index (χ2v) is 7.52. The van der Waals surface area contributed by atoms with Gasteiger partial charge in [0.1, 0.15) is 5.82 Å². The normalized spacial score (nSPS) is 11.8. The number of fused-ring (bicyclic) bond motifs is 1. The first-order valence-corrected chi connectivity index (χ1v) is 10.3. The fourth-order valence-electron chi connectivity index (χ4n) is 3.35. The minimum Gasteiger partial charge on any atom is -0.344 e. The van der Waals surface area contributed by atoms with E-state index in [-0.39, 0.29) is 18.5 Å². The summed E-state index contributed by atoms with van der Waals surface area (Å²) in [5.74, 6) is -0.0540. The summed E-state index contributed by atoms with van der Waals surface area (Å²) < 4.78 is 0. The maximum Gasteiger partial charge on any atom is 0.253 e. The van der Waals surface area contributed by atoms with Crippen molar-refractivity contribution >= 4 is 34.4 Å². The van der Waals surface area contributed by atoms with Crippen molar-refractivity contribution < 1.29 is 9.59 Å². The van der Waals surface area contributed by atoms with Crippen molar-refractivity contribution in [3.8, 4) is 0 Å². The van der Waals surface area contributed by atoms with Crippen molar-refractivity contribution in [2.45, 2.75) is 12.5 Å². The lowest BCUT2D eigenvalue weighted by atomic mass is 10.1. The van der Waals surface area contributed by atoms with Crippen LogP contribution in [0.5, 0.6) is 0 Å². The Morgan fingerprint density at radius 3 is 2.42 bits per heavy atom. The third kappa shape index (κ3) is 5.10. The summed E-state index contributed by atoms with van der Waals surface area (Å²) in [4.78, 5) is 32.9. The van der Waals surface area contributed by atoms with E-state index < -0.39 is 5.91 Å². The molecule has 156 valence electrons. The third-order valence-corrected chi connectivity index (χ3v) is 5.21. The maximum absolute atomic E-state index is 12.7. The predicted octanol–water partition coefficient (Wildman–Crippen LogP) is 4.05. The quantitative estimate of drug-likeness (QED) is 0.412. The fourth-order valence-corrected chi connectivity index (χ4v) is 3.57. The first-order valence-electron chi connectivity index (χ1n) is 9.91. The average molecular weight is 433 g/mol. The number of amides is 2. The van der Waals surface area contributed by atoms with Gasteiger partial charge in [-0.2, -0.15) is 0 Å². The van der Waals surface area contributed by atoms with Crippen LogP contribution < -0.4 is 10.6 Å². The number of aromatic amines is 1. The molecule has 31 heavy (non-hydrogen) atoms. The van der Waals surface area contributed by atoms with Crippen LogP contribution in [0.25, 0.3) is 11.0 Å². The number of imidazole rings is 1. The minimum atomic E-state index is -0.399. The SMILES string of the molecule is O=C(CNC(=O)c1ccccc1Cl)N[C@H](Cc1ccccc1)c1nc2ccccc2[nH]1. The summed E-state index contributed by atoms with van der Waals surface area (Å²) in [5, 5.41) is 5.94. The maximum atomic E-state index is 12.7. The molecule has 4 aromatic rings. The first-order chi connectivity index (χ1) is 15.1. The zero-order valence-corrected chi connectivity index (χ0v) is 17.4. The van der Waals surface area contributed by atoms with Crippen molar-refractivity contribution in [2.24, 2.45) is 0 Å². The molecule has 3 aromatic carbocycles. The largest absolute Gasteiger partial charge is 0.344 e. The van der Waals surface area contributed by atoms with E-state index in [2.05, 4.69) is 20.6 Å². The lowest BCUT2D eigenvalue weighted by Crippen LogP contribution is -2.39. The van der Waals surface area contributed by atoms with Gasteiger partial charge in [0.25, 0.3) is 5.91 Å². The molecule has 0 aliphatic carbocycles. The number of H-pyrrole nitrogens is 1. The van der Waals surface area contributed by atoms with Crippen LogP contribution in [0.1, 0.15) is 27.8 Å². The van der Waals surface area contributed by atoms with Crippen molar-refractivity contribution in [1.82, 2.24) is 20.6 Å². The highest BCUT2D eigenvalue weighted by Gasteiger charge is 2.20. The molecule has 6 nitrogen and oxygen atoms in total. The topological polar surface area (TPSA) is 86.9 Å². The zero-order valence-electron chi connectivity index (χ0n) is 16.6. The van der Waals surface area contributed by atoms with Gasteiger partial charge in [-0.15, -0.1) is 0 Å². The fraction of sp³-hybridized carbons (Fsp3) is 0.125. The Balaban J connectivity index is 1.48. The molecule has 2 amide bonds. The van der Waals surface area contributed by atoms with Gasteiger partial charge < -0.3 is 15.6 Å². The summed E-state index contributed by atoms with van der Waals surface area (Å²) in [5.41, 5.74) is 3.12. The van der Waals surface area contributed by atoms with E-state index in [0.29, 0.717) is 22.8 Å². The van der Waals surface area contributed by atoms with Crippen LogP contribution in [0, 0.1) is 0 Å². The Morgan fingerprint density at radius 2 is 1.65 bits per heavy atom. The van der Waals surface area contributed by atoms with E-state index in [1.54, 1.807) is 24.3 Å². The molecule has 0 aliphatic rings. The highest BCUT2D eigenvalue weighted by molar-refractivity contribution is 6.33. The van der Waals surface area contributed by atoms with Gasteiger partial charge in [0.15, 0.2) is 0 Å². The molecule has 0 aliphatic heterocycles. The summed E-state index contributed by atoms with van der Waals surface area (Å²) in [6, 6.07) is 23.9. The average Bonchev–Trinajstić information content (AvgIpc) is 3.22. The molecule has 7 heteroatoms. The van der Waals surface area contributed by atoms with Crippen LogP contribution in [-0.2, 0) is 11.2 Å². The van der Waals surface area contributed by atoms with Crippen LogP contribution in [0.2, 0.25) is 5.02 Å². The smallest absolute Gasteiger partial charge is 0.253 e. The second kappa shape index (κ2) is 9.45. The molecule has 0 spiro atoms. The minimum absolute atomic E-state index is 0.171. The number of benzene rings is 3. The second-order valence-electron chi connectivity index (χ2n) is 7.11. The van der Waals surface area contributed by atoms with Crippen LogP contribution in [-0.4, -0.2) is 28.3 Å². The number of para-hydroxylation sites is 2. The monoisotopic (exact) mass is 432 g/mol. The number of hydrogen-bond donors (Lipinski definition) is 3. The molecule has 1 atom stereocenters. The van der Waals surface area contributed by atoms with E-state index in [1.165, 1.54) is 0 Å². The van der Waals surface area contributed by atoms with E-state index >= 15 is 0 Å². The number of halogens is 1. The van der Waals surface area contributed by atoms with Gasteiger partial charge in [0, 0.05) is 0 Å². The van der Waals surface area contributed by atoms with Crippen molar-refractivity contribution in [3.63, 3.8) is 0 Å². The summed E-state index contributed by atoms with van der Waals surface area (Å²) in [6.07, 6.45) is 0.560. The van der Waals surface area contributed by atoms with E-state index in [9.17, 15) is 9.59 Å². The molecular formula is C24H21ClN4O2. The highest BCUT2D eigenvalue weighted by atomic mass is 35.5. The highest BCUT2D eigenvalue weighted by Crippen LogP contribution is 2.20. The van der Waals surface area contributed by atoms with Crippen LogP contribution in [0.4, 0.5) is 0 Å². The summed E-state index contributed by atoms with van der Waals surface area (Å²) in [6.45, 7) is -0.171. The lowest BCUT2D eigenvalue weighted by molar-refractivity contribution is -0.120. The third-order valence-electron chi connectivity index (χ3n) is 4.88. The Hall–Kier alpha value is -3.64. The Labute approximate surface area is 184 Å². The summed E-state index contributed by atoms with van der Waals surface area (Å²) >= 11 is 6.05. The summed E-state index contributed by atoms with van der Waals surface area (Å²) in [7, 11) is 0. The Kier molecular flexibility index (Phi) is 6.29. The molecule has 4 rings (SSSR count). The number of carbonyl (C=O) groups is 2. The van der Waals surface area contributed by atoms with Crippen molar-refractivity contribution in [1.29, 1.82) is 0 Å².